The Morgan fingerprint density at radius 3 is 2.67 bits per heavy atom. The van der Waals surface area contributed by atoms with E-state index >= 15 is 0 Å². The van der Waals surface area contributed by atoms with Crippen LogP contribution in [0.4, 0.5) is 5.69 Å². The van der Waals surface area contributed by atoms with Crippen LogP contribution in [-0.2, 0) is 6.61 Å². The van der Waals surface area contributed by atoms with Crippen LogP contribution in [0, 0.1) is 10.5 Å². The lowest BCUT2D eigenvalue weighted by molar-refractivity contribution is 0.102. The zero-order valence-electron chi connectivity index (χ0n) is 13.0. The van der Waals surface area contributed by atoms with E-state index in [0.717, 1.165) is 20.4 Å². The molecule has 0 bridgehead atoms. The number of aliphatic hydroxyl groups is 1. The first kappa shape index (κ1) is 16.7. The van der Waals surface area contributed by atoms with Crippen LogP contribution in [0.15, 0.2) is 59.0 Å². The summed E-state index contributed by atoms with van der Waals surface area (Å²) in [5.41, 5.74) is 3.27. The van der Waals surface area contributed by atoms with Gasteiger partial charge in [-0.25, -0.2) is 0 Å². The first-order valence-corrected chi connectivity index (χ1v) is 8.52. The van der Waals surface area contributed by atoms with E-state index in [0.29, 0.717) is 17.1 Å². The van der Waals surface area contributed by atoms with Crippen molar-refractivity contribution in [1.29, 1.82) is 0 Å². The van der Waals surface area contributed by atoms with Gasteiger partial charge >= 0.3 is 0 Å². The van der Waals surface area contributed by atoms with E-state index in [1.54, 1.807) is 12.1 Å². The molecule has 3 aromatic rings. The fraction of sp³-hybridized carbons (Fsp3) is 0.105. The molecule has 0 saturated carbocycles. The highest BCUT2D eigenvalue weighted by atomic mass is 127. The van der Waals surface area contributed by atoms with Gasteiger partial charge in [-0.05, 0) is 83.6 Å². The Morgan fingerprint density at radius 2 is 2.00 bits per heavy atom. The van der Waals surface area contributed by atoms with Gasteiger partial charge in [-0.2, -0.15) is 0 Å². The van der Waals surface area contributed by atoms with Crippen LogP contribution in [0.3, 0.4) is 0 Å². The summed E-state index contributed by atoms with van der Waals surface area (Å²) in [6.45, 7) is 1.83. The molecule has 2 aromatic carbocycles. The number of aliphatic hydroxyl groups excluding tert-OH is 1. The van der Waals surface area contributed by atoms with E-state index in [1.807, 2.05) is 49.4 Å². The van der Waals surface area contributed by atoms with Gasteiger partial charge in [0.25, 0.3) is 5.91 Å². The first-order valence-electron chi connectivity index (χ1n) is 7.44. The molecular weight excluding hydrogens is 417 g/mol. The molecule has 2 N–H and O–H groups in total. The van der Waals surface area contributed by atoms with Crippen LogP contribution < -0.4 is 5.32 Å². The van der Waals surface area contributed by atoms with Crippen LogP contribution in [0.1, 0.15) is 21.7 Å². The van der Waals surface area contributed by atoms with E-state index in [2.05, 4.69) is 27.9 Å². The summed E-state index contributed by atoms with van der Waals surface area (Å²) in [5, 5.41) is 12.0. The van der Waals surface area contributed by atoms with Gasteiger partial charge in [0.15, 0.2) is 0 Å². The van der Waals surface area contributed by atoms with Gasteiger partial charge in [0.2, 0.25) is 0 Å². The quantitative estimate of drug-likeness (QED) is 0.592. The number of hydrogen-bond donors (Lipinski definition) is 2. The second kappa shape index (κ2) is 7.19. The molecule has 0 aliphatic rings. The number of aryl methyl sites for hydroxylation is 1. The molecule has 1 amide bonds. The van der Waals surface area contributed by atoms with Crippen LogP contribution in [0.25, 0.3) is 11.3 Å². The van der Waals surface area contributed by atoms with Gasteiger partial charge < -0.3 is 14.8 Å². The summed E-state index contributed by atoms with van der Waals surface area (Å²) in [5.74, 6) is 1.09. The maximum atomic E-state index is 12.3. The van der Waals surface area contributed by atoms with E-state index in [4.69, 9.17) is 9.52 Å². The number of carbonyl (C=O) groups excluding carboxylic acids is 1. The van der Waals surface area contributed by atoms with Crippen molar-refractivity contribution in [2.45, 2.75) is 13.5 Å². The summed E-state index contributed by atoms with van der Waals surface area (Å²) in [6.07, 6.45) is 0. The van der Waals surface area contributed by atoms with Crippen molar-refractivity contribution in [3.8, 4) is 11.3 Å². The summed E-state index contributed by atoms with van der Waals surface area (Å²) < 4.78 is 6.58. The number of benzene rings is 2. The zero-order chi connectivity index (χ0) is 17.1. The lowest BCUT2D eigenvalue weighted by atomic mass is 10.1. The Hall–Kier alpha value is -2.12. The topological polar surface area (TPSA) is 62.5 Å². The third kappa shape index (κ3) is 3.68. The average molecular weight is 433 g/mol. The lowest BCUT2D eigenvalue weighted by Gasteiger charge is -2.09. The maximum absolute atomic E-state index is 12.3. The van der Waals surface area contributed by atoms with E-state index in [-0.39, 0.29) is 12.5 Å². The Labute approximate surface area is 153 Å². The molecule has 1 heterocycles. The van der Waals surface area contributed by atoms with Gasteiger partial charge in [-0.3, -0.25) is 4.79 Å². The van der Waals surface area contributed by atoms with Crippen molar-refractivity contribution in [3.05, 3.63) is 75.1 Å². The fourth-order valence-electron chi connectivity index (χ4n) is 2.46. The van der Waals surface area contributed by atoms with Gasteiger partial charge in [-0.15, -0.1) is 0 Å². The highest BCUT2D eigenvalue weighted by Gasteiger charge is 2.10. The molecule has 0 aliphatic carbocycles. The minimum absolute atomic E-state index is 0.122. The van der Waals surface area contributed by atoms with Crippen molar-refractivity contribution in [1.82, 2.24) is 0 Å². The number of nitrogens with one attached hydrogen (secondary N) is 1. The molecule has 5 heteroatoms. The SMILES string of the molecule is Cc1cc(NC(=O)c2cccc(I)c2)ccc1-c1ccc(CO)o1. The average Bonchev–Trinajstić information content (AvgIpc) is 3.04. The van der Waals surface area contributed by atoms with Crippen molar-refractivity contribution in [2.24, 2.45) is 0 Å². The molecule has 1 aromatic heterocycles. The molecule has 0 fully saturated rings. The predicted octanol–water partition coefficient (Wildman–Crippen LogP) is 4.60. The number of furan rings is 1. The van der Waals surface area contributed by atoms with Gasteiger partial charge in [-0.1, -0.05) is 6.07 Å². The summed E-state index contributed by atoms with van der Waals surface area (Å²) in [6, 6.07) is 16.7. The highest BCUT2D eigenvalue weighted by Crippen LogP contribution is 2.28. The van der Waals surface area contributed by atoms with Crippen molar-refractivity contribution in [2.75, 3.05) is 5.32 Å². The Bertz CT molecular complexity index is 886. The van der Waals surface area contributed by atoms with Crippen LogP contribution in [-0.4, -0.2) is 11.0 Å². The van der Waals surface area contributed by atoms with Gasteiger partial charge in [0.05, 0.1) is 0 Å². The Morgan fingerprint density at radius 1 is 1.17 bits per heavy atom. The highest BCUT2D eigenvalue weighted by molar-refractivity contribution is 14.1. The number of rotatable bonds is 4. The molecule has 0 unspecified atom stereocenters. The third-order valence-electron chi connectivity index (χ3n) is 3.65. The molecule has 3 rings (SSSR count). The molecule has 0 atom stereocenters. The molecule has 122 valence electrons. The van der Waals surface area contributed by atoms with Gasteiger partial charge in [0, 0.05) is 20.4 Å². The molecule has 0 aliphatic heterocycles. The normalized spacial score (nSPS) is 10.6. The summed E-state index contributed by atoms with van der Waals surface area (Å²) in [7, 11) is 0. The third-order valence-corrected chi connectivity index (χ3v) is 4.33. The fourth-order valence-corrected chi connectivity index (χ4v) is 3.00. The minimum atomic E-state index is -0.138. The van der Waals surface area contributed by atoms with Crippen LogP contribution in [0.5, 0.6) is 0 Å². The summed E-state index contributed by atoms with van der Waals surface area (Å²) in [4.78, 5) is 12.3. The minimum Gasteiger partial charge on any atom is -0.459 e. The Balaban J connectivity index is 1.80. The van der Waals surface area contributed by atoms with Crippen LogP contribution in [0.2, 0.25) is 0 Å². The largest absolute Gasteiger partial charge is 0.459 e. The second-order valence-electron chi connectivity index (χ2n) is 5.42. The molecule has 24 heavy (non-hydrogen) atoms. The molecular formula is C19H16INO3. The molecule has 0 spiro atoms. The number of anilines is 1. The zero-order valence-corrected chi connectivity index (χ0v) is 15.2. The van der Waals surface area contributed by atoms with E-state index in [1.165, 1.54) is 0 Å². The standard InChI is InChI=1S/C19H16INO3/c1-12-9-15(21-19(23)13-3-2-4-14(20)10-13)5-7-17(12)18-8-6-16(11-22)24-18/h2-10,22H,11H2,1H3,(H,21,23). The van der Waals surface area contributed by atoms with Crippen molar-refractivity contribution in [3.63, 3.8) is 0 Å². The van der Waals surface area contributed by atoms with Crippen molar-refractivity contribution >= 4 is 34.2 Å². The maximum Gasteiger partial charge on any atom is 0.255 e. The van der Waals surface area contributed by atoms with Crippen LogP contribution >= 0.6 is 22.6 Å². The molecule has 0 radical (unpaired) electrons. The Kier molecular flexibility index (Phi) is 5.01. The van der Waals surface area contributed by atoms with E-state index < -0.39 is 0 Å². The molecule has 4 nitrogen and oxygen atoms in total. The van der Waals surface area contributed by atoms with Gasteiger partial charge in [0.1, 0.15) is 18.1 Å². The number of halogens is 1. The first-order chi connectivity index (χ1) is 11.6. The summed E-state index contributed by atoms with van der Waals surface area (Å²) >= 11 is 2.18. The second-order valence-corrected chi connectivity index (χ2v) is 6.66. The monoisotopic (exact) mass is 433 g/mol. The van der Waals surface area contributed by atoms with Crippen molar-refractivity contribution < 1.29 is 14.3 Å². The van der Waals surface area contributed by atoms with E-state index in [9.17, 15) is 4.79 Å². The number of amides is 1. The smallest absolute Gasteiger partial charge is 0.255 e. The molecule has 0 saturated heterocycles. The number of hydrogen-bond acceptors (Lipinski definition) is 3. The predicted molar refractivity (Wildman–Crippen MR) is 102 cm³/mol. The number of carbonyl (C=O) groups is 1. The lowest BCUT2D eigenvalue weighted by Crippen LogP contribution is -2.12.